The third kappa shape index (κ3) is 4.22. The average Bonchev–Trinajstić information content (AvgIpc) is 3.14. The van der Waals surface area contributed by atoms with Crippen molar-refractivity contribution in [3.05, 3.63) is 39.9 Å². The topological polar surface area (TPSA) is 45.2 Å². The van der Waals surface area contributed by atoms with E-state index in [1.807, 2.05) is 18.9 Å². The van der Waals surface area contributed by atoms with Crippen molar-refractivity contribution in [2.24, 2.45) is 5.92 Å². The van der Waals surface area contributed by atoms with Crippen LogP contribution in [0, 0.1) is 26.7 Å². The summed E-state index contributed by atoms with van der Waals surface area (Å²) >= 11 is 1.52. The van der Waals surface area contributed by atoms with E-state index in [0.717, 1.165) is 47.2 Å². The van der Waals surface area contributed by atoms with Gasteiger partial charge in [-0.2, -0.15) is 0 Å². The molecule has 0 spiro atoms. The summed E-state index contributed by atoms with van der Waals surface area (Å²) in [6, 6.07) is 6.37. The highest BCUT2D eigenvalue weighted by atomic mass is 35.5. The van der Waals surface area contributed by atoms with Gasteiger partial charge in [0.1, 0.15) is 9.88 Å². The van der Waals surface area contributed by atoms with Crippen molar-refractivity contribution in [1.29, 1.82) is 0 Å². The fourth-order valence-corrected chi connectivity index (χ4v) is 4.50. The second-order valence-electron chi connectivity index (χ2n) is 6.72. The van der Waals surface area contributed by atoms with Crippen LogP contribution in [0.4, 0.5) is 0 Å². The predicted molar refractivity (Wildman–Crippen MR) is 107 cm³/mol. The number of rotatable bonds is 4. The molecule has 1 saturated heterocycles. The molecule has 1 fully saturated rings. The zero-order valence-electron chi connectivity index (χ0n) is 15.3. The summed E-state index contributed by atoms with van der Waals surface area (Å²) in [7, 11) is 1.97. The van der Waals surface area contributed by atoms with Gasteiger partial charge in [0.25, 0.3) is 5.91 Å². The van der Waals surface area contributed by atoms with E-state index in [-0.39, 0.29) is 18.3 Å². The Kier molecular flexibility index (Phi) is 6.60. The highest BCUT2D eigenvalue weighted by molar-refractivity contribution is 7.17. The maximum Gasteiger partial charge on any atom is 0.265 e. The number of benzene rings is 1. The number of hydrogen-bond donors (Lipinski definition) is 1. The molecule has 6 heteroatoms. The Balaban J connectivity index is 0.00000225. The molecule has 0 radical (unpaired) electrons. The van der Waals surface area contributed by atoms with Gasteiger partial charge in [0.05, 0.1) is 5.69 Å². The molecule has 0 aliphatic carbocycles. The van der Waals surface area contributed by atoms with Gasteiger partial charge in [-0.15, -0.1) is 23.7 Å². The first-order valence-corrected chi connectivity index (χ1v) is 9.30. The first-order valence-electron chi connectivity index (χ1n) is 8.48. The van der Waals surface area contributed by atoms with E-state index in [9.17, 15) is 4.79 Å². The van der Waals surface area contributed by atoms with Crippen LogP contribution >= 0.6 is 23.7 Å². The lowest BCUT2D eigenvalue weighted by atomic mass is 10.1. The van der Waals surface area contributed by atoms with E-state index in [1.165, 1.54) is 22.5 Å². The highest BCUT2D eigenvalue weighted by Crippen LogP contribution is 2.32. The van der Waals surface area contributed by atoms with Gasteiger partial charge in [0.2, 0.25) is 0 Å². The van der Waals surface area contributed by atoms with Crippen LogP contribution < -0.4 is 5.32 Å². The van der Waals surface area contributed by atoms with Crippen LogP contribution in [0.5, 0.6) is 0 Å². The second-order valence-corrected chi connectivity index (χ2v) is 7.71. The predicted octanol–water partition coefficient (Wildman–Crippen LogP) is 3.84. The number of carbonyl (C=O) groups excluding carboxylic acids is 1. The molecule has 1 atom stereocenters. The molecule has 2 heterocycles. The van der Waals surface area contributed by atoms with Crippen molar-refractivity contribution in [2.45, 2.75) is 27.2 Å². The Labute approximate surface area is 160 Å². The summed E-state index contributed by atoms with van der Waals surface area (Å²) in [5.41, 5.74) is 4.42. The third-order valence-electron chi connectivity index (χ3n) is 4.67. The molecule has 1 unspecified atom stereocenters. The van der Waals surface area contributed by atoms with Crippen molar-refractivity contribution >= 4 is 29.7 Å². The standard InChI is InChI=1S/C19H25N3OS.ClH/c1-12-5-6-16(13(2)9-12)18-21-14(3)17(24-18)19(23)22-8-7-15(11-22)10-20-4;/h5-6,9,15,20H,7-8,10-11H2,1-4H3;1H. The van der Waals surface area contributed by atoms with Crippen LogP contribution in [0.3, 0.4) is 0 Å². The van der Waals surface area contributed by atoms with Crippen molar-refractivity contribution in [3.63, 3.8) is 0 Å². The number of carbonyl (C=O) groups is 1. The zero-order chi connectivity index (χ0) is 17.3. The molecule has 136 valence electrons. The third-order valence-corrected chi connectivity index (χ3v) is 5.85. The minimum absolute atomic E-state index is 0. The van der Waals surface area contributed by atoms with Gasteiger partial charge in [0, 0.05) is 18.7 Å². The molecule has 1 aliphatic heterocycles. The van der Waals surface area contributed by atoms with Crippen LogP contribution in [-0.4, -0.2) is 42.5 Å². The molecule has 0 bridgehead atoms. The van der Waals surface area contributed by atoms with Crippen molar-refractivity contribution in [1.82, 2.24) is 15.2 Å². The lowest BCUT2D eigenvalue weighted by Gasteiger charge is -2.15. The lowest BCUT2D eigenvalue weighted by molar-refractivity contribution is 0.0791. The molecule has 0 saturated carbocycles. The smallest absolute Gasteiger partial charge is 0.265 e. The fraction of sp³-hybridized carbons (Fsp3) is 0.474. The number of hydrogen-bond acceptors (Lipinski definition) is 4. The fourth-order valence-electron chi connectivity index (χ4n) is 3.38. The number of nitrogens with one attached hydrogen (secondary N) is 1. The summed E-state index contributed by atoms with van der Waals surface area (Å²) in [4.78, 5) is 20.3. The number of amides is 1. The summed E-state index contributed by atoms with van der Waals surface area (Å²) in [5.74, 6) is 0.700. The van der Waals surface area contributed by atoms with Crippen LogP contribution in [-0.2, 0) is 0 Å². The molecule has 3 rings (SSSR count). The Bertz CT molecular complexity index is 759. The second kappa shape index (κ2) is 8.30. The Morgan fingerprint density at radius 2 is 2.12 bits per heavy atom. The van der Waals surface area contributed by atoms with Crippen molar-refractivity contribution in [2.75, 3.05) is 26.7 Å². The van der Waals surface area contributed by atoms with E-state index >= 15 is 0 Å². The van der Waals surface area contributed by atoms with Gasteiger partial charge >= 0.3 is 0 Å². The summed E-state index contributed by atoms with van der Waals surface area (Å²) < 4.78 is 0. The number of thiazole rings is 1. The molecule has 1 aromatic heterocycles. The van der Waals surface area contributed by atoms with Gasteiger partial charge in [-0.1, -0.05) is 23.8 Å². The first-order chi connectivity index (χ1) is 11.5. The molecule has 1 N–H and O–H groups in total. The molecule has 1 aromatic carbocycles. The van der Waals surface area contributed by atoms with E-state index in [0.29, 0.717) is 5.92 Å². The summed E-state index contributed by atoms with van der Waals surface area (Å²) in [6.07, 6.45) is 1.08. The lowest BCUT2D eigenvalue weighted by Crippen LogP contribution is -2.30. The molecule has 1 aliphatic rings. The number of nitrogens with zero attached hydrogens (tertiary/aromatic N) is 2. The Hall–Kier alpha value is -1.43. The number of likely N-dealkylation sites (tertiary alicyclic amines) is 1. The van der Waals surface area contributed by atoms with Crippen LogP contribution in [0.1, 0.15) is 32.9 Å². The maximum absolute atomic E-state index is 12.9. The Morgan fingerprint density at radius 1 is 1.36 bits per heavy atom. The molecule has 25 heavy (non-hydrogen) atoms. The minimum Gasteiger partial charge on any atom is -0.338 e. The van der Waals surface area contributed by atoms with E-state index < -0.39 is 0 Å². The van der Waals surface area contributed by atoms with Gasteiger partial charge in [0.15, 0.2) is 0 Å². The first kappa shape index (κ1) is 19.9. The highest BCUT2D eigenvalue weighted by Gasteiger charge is 2.29. The number of aromatic nitrogens is 1. The largest absolute Gasteiger partial charge is 0.338 e. The van der Waals surface area contributed by atoms with Crippen molar-refractivity contribution in [3.8, 4) is 10.6 Å². The quantitative estimate of drug-likeness (QED) is 0.877. The minimum atomic E-state index is 0. The van der Waals surface area contributed by atoms with Gasteiger partial charge in [-0.3, -0.25) is 4.79 Å². The van der Waals surface area contributed by atoms with Crippen LogP contribution in [0.15, 0.2) is 18.2 Å². The SMILES string of the molecule is CNCC1CCN(C(=O)c2sc(-c3ccc(C)cc3C)nc2C)C1.Cl. The van der Waals surface area contributed by atoms with E-state index in [2.05, 4.69) is 42.3 Å². The molecule has 2 aromatic rings. The van der Waals surface area contributed by atoms with E-state index in [4.69, 9.17) is 0 Å². The van der Waals surface area contributed by atoms with Crippen LogP contribution in [0.2, 0.25) is 0 Å². The van der Waals surface area contributed by atoms with Gasteiger partial charge < -0.3 is 10.2 Å². The molecular weight excluding hydrogens is 354 g/mol. The summed E-state index contributed by atoms with van der Waals surface area (Å²) in [6.45, 7) is 8.80. The zero-order valence-corrected chi connectivity index (χ0v) is 16.9. The summed E-state index contributed by atoms with van der Waals surface area (Å²) in [5, 5.41) is 4.15. The monoisotopic (exact) mass is 379 g/mol. The van der Waals surface area contributed by atoms with Crippen LogP contribution in [0.25, 0.3) is 10.6 Å². The molecular formula is C19H26ClN3OS. The maximum atomic E-state index is 12.9. The Morgan fingerprint density at radius 3 is 2.80 bits per heavy atom. The average molecular weight is 380 g/mol. The number of halogens is 1. The number of aryl methyl sites for hydroxylation is 3. The van der Waals surface area contributed by atoms with Gasteiger partial charge in [-0.25, -0.2) is 4.98 Å². The molecule has 1 amide bonds. The van der Waals surface area contributed by atoms with Crippen molar-refractivity contribution < 1.29 is 4.79 Å². The molecule has 4 nitrogen and oxygen atoms in total. The van der Waals surface area contributed by atoms with Gasteiger partial charge in [-0.05, 0) is 52.3 Å². The van der Waals surface area contributed by atoms with E-state index in [1.54, 1.807) is 0 Å². The normalized spacial score (nSPS) is 16.8.